The molecular formula is C19H29N3O. The Morgan fingerprint density at radius 3 is 2.39 bits per heavy atom. The number of amides is 1. The van der Waals surface area contributed by atoms with Crippen molar-refractivity contribution in [1.82, 2.24) is 15.5 Å². The highest BCUT2D eigenvalue weighted by atomic mass is 16.1. The Kier molecular flexibility index (Phi) is 5.34. The van der Waals surface area contributed by atoms with Crippen LogP contribution in [0, 0.1) is 0 Å². The predicted molar refractivity (Wildman–Crippen MR) is 93.3 cm³/mol. The fourth-order valence-electron chi connectivity index (χ4n) is 4.44. The molecular weight excluding hydrogens is 286 g/mol. The normalized spacial score (nSPS) is 23.2. The molecule has 126 valence electrons. The number of nitrogens with zero attached hydrogens (tertiary/aromatic N) is 1. The van der Waals surface area contributed by atoms with Gasteiger partial charge in [-0.1, -0.05) is 49.6 Å². The van der Waals surface area contributed by atoms with Crippen LogP contribution in [0.5, 0.6) is 0 Å². The van der Waals surface area contributed by atoms with Gasteiger partial charge in [0.25, 0.3) is 0 Å². The van der Waals surface area contributed by atoms with Gasteiger partial charge in [-0.05, 0) is 18.4 Å². The van der Waals surface area contributed by atoms with Crippen molar-refractivity contribution in [2.24, 2.45) is 0 Å². The van der Waals surface area contributed by atoms with E-state index in [-0.39, 0.29) is 17.5 Å². The maximum Gasteiger partial charge on any atom is 0.217 e. The highest BCUT2D eigenvalue weighted by Crippen LogP contribution is 2.43. The lowest BCUT2D eigenvalue weighted by Gasteiger charge is -2.52. The molecule has 0 radical (unpaired) electrons. The second-order valence-electron chi connectivity index (χ2n) is 6.95. The van der Waals surface area contributed by atoms with Gasteiger partial charge in [0, 0.05) is 38.6 Å². The summed E-state index contributed by atoms with van der Waals surface area (Å²) in [6.45, 7) is 5.88. The molecule has 1 heterocycles. The zero-order valence-electron chi connectivity index (χ0n) is 14.2. The van der Waals surface area contributed by atoms with E-state index >= 15 is 0 Å². The monoisotopic (exact) mass is 315 g/mol. The van der Waals surface area contributed by atoms with Crippen molar-refractivity contribution < 1.29 is 4.79 Å². The first kappa shape index (κ1) is 16.5. The van der Waals surface area contributed by atoms with Gasteiger partial charge in [-0.15, -0.1) is 0 Å². The smallest absolute Gasteiger partial charge is 0.217 e. The number of hydrogen-bond acceptors (Lipinski definition) is 3. The number of carbonyl (C=O) groups excluding carboxylic acids is 1. The highest BCUT2D eigenvalue weighted by molar-refractivity contribution is 5.73. The zero-order chi connectivity index (χ0) is 16.1. The third kappa shape index (κ3) is 3.59. The zero-order valence-corrected chi connectivity index (χ0v) is 14.2. The van der Waals surface area contributed by atoms with E-state index in [9.17, 15) is 4.79 Å². The molecule has 1 saturated heterocycles. The Morgan fingerprint density at radius 2 is 1.78 bits per heavy atom. The minimum absolute atomic E-state index is 0.0629. The molecule has 23 heavy (non-hydrogen) atoms. The third-order valence-corrected chi connectivity index (χ3v) is 5.48. The first-order chi connectivity index (χ1) is 11.2. The van der Waals surface area contributed by atoms with Crippen LogP contribution >= 0.6 is 0 Å². The lowest BCUT2D eigenvalue weighted by molar-refractivity contribution is -0.121. The van der Waals surface area contributed by atoms with Crippen molar-refractivity contribution in [2.45, 2.75) is 50.6 Å². The summed E-state index contributed by atoms with van der Waals surface area (Å²) >= 11 is 0. The second kappa shape index (κ2) is 7.45. The van der Waals surface area contributed by atoms with Crippen LogP contribution in [0.1, 0.15) is 50.6 Å². The molecule has 2 fully saturated rings. The van der Waals surface area contributed by atoms with Crippen LogP contribution in [-0.2, 0) is 4.79 Å². The summed E-state index contributed by atoms with van der Waals surface area (Å²) in [7, 11) is 0. The molecule has 0 aromatic heterocycles. The van der Waals surface area contributed by atoms with Crippen LogP contribution in [0.4, 0.5) is 0 Å². The number of hydrogen-bond donors (Lipinski definition) is 2. The molecule has 1 amide bonds. The van der Waals surface area contributed by atoms with Gasteiger partial charge in [0.2, 0.25) is 5.91 Å². The average molecular weight is 315 g/mol. The first-order valence-corrected chi connectivity index (χ1v) is 9.00. The Hall–Kier alpha value is -1.39. The lowest BCUT2D eigenvalue weighted by atomic mass is 9.72. The van der Waals surface area contributed by atoms with Crippen LogP contribution in [0.2, 0.25) is 0 Å². The topological polar surface area (TPSA) is 44.4 Å². The van der Waals surface area contributed by atoms with Gasteiger partial charge in [-0.25, -0.2) is 0 Å². The fourth-order valence-corrected chi connectivity index (χ4v) is 4.44. The number of nitrogens with one attached hydrogen (secondary N) is 2. The Morgan fingerprint density at radius 1 is 1.13 bits per heavy atom. The van der Waals surface area contributed by atoms with Gasteiger partial charge in [0.15, 0.2) is 0 Å². The quantitative estimate of drug-likeness (QED) is 0.897. The summed E-state index contributed by atoms with van der Waals surface area (Å²) in [4.78, 5) is 14.6. The molecule has 1 atom stereocenters. The van der Waals surface area contributed by atoms with Crippen LogP contribution < -0.4 is 10.6 Å². The number of piperazine rings is 1. The Balaban J connectivity index is 1.97. The summed E-state index contributed by atoms with van der Waals surface area (Å²) in [5.41, 5.74) is 1.30. The van der Waals surface area contributed by atoms with Crippen molar-refractivity contribution in [3.63, 3.8) is 0 Å². The van der Waals surface area contributed by atoms with Gasteiger partial charge in [0.1, 0.15) is 0 Å². The van der Waals surface area contributed by atoms with E-state index in [2.05, 4.69) is 39.8 Å². The van der Waals surface area contributed by atoms with E-state index in [0.717, 1.165) is 26.2 Å². The summed E-state index contributed by atoms with van der Waals surface area (Å²) < 4.78 is 0. The minimum Gasteiger partial charge on any atom is -0.348 e. The molecule has 0 spiro atoms. The van der Waals surface area contributed by atoms with Crippen molar-refractivity contribution in [2.75, 3.05) is 26.2 Å². The highest BCUT2D eigenvalue weighted by Gasteiger charge is 2.45. The van der Waals surface area contributed by atoms with Crippen LogP contribution in [-0.4, -0.2) is 42.5 Å². The van der Waals surface area contributed by atoms with E-state index in [0.29, 0.717) is 0 Å². The maximum atomic E-state index is 12.0. The van der Waals surface area contributed by atoms with E-state index in [4.69, 9.17) is 0 Å². The van der Waals surface area contributed by atoms with Crippen LogP contribution in [0.15, 0.2) is 30.3 Å². The standard InChI is InChI=1S/C19H29N3O/c1-16(23)21-18(17-8-4-2-5-9-17)19(10-6-3-7-11-19)22-14-12-20-13-15-22/h2,4-5,8-9,18,20H,3,6-7,10-15H2,1H3,(H,21,23). The van der Waals surface area contributed by atoms with Gasteiger partial charge in [-0.3, -0.25) is 9.69 Å². The minimum atomic E-state index is 0.0629. The molecule has 1 aromatic carbocycles. The fraction of sp³-hybridized carbons (Fsp3) is 0.632. The van der Waals surface area contributed by atoms with Crippen LogP contribution in [0.25, 0.3) is 0 Å². The molecule has 1 aliphatic heterocycles. The summed E-state index contributed by atoms with van der Waals surface area (Å²) in [5.74, 6) is 0.0685. The summed E-state index contributed by atoms with van der Waals surface area (Å²) in [6.07, 6.45) is 6.18. The molecule has 3 rings (SSSR count). The van der Waals surface area contributed by atoms with Crippen molar-refractivity contribution in [3.05, 3.63) is 35.9 Å². The Bertz CT molecular complexity index is 505. The largest absolute Gasteiger partial charge is 0.348 e. The summed E-state index contributed by atoms with van der Waals surface area (Å²) in [5, 5.41) is 6.76. The average Bonchev–Trinajstić information content (AvgIpc) is 2.62. The molecule has 1 aliphatic carbocycles. The van der Waals surface area contributed by atoms with E-state index in [1.807, 2.05) is 6.07 Å². The lowest BCUT2D eigenvalue weighted by Crippen LogP contribution is -2.62. The molecule has 2 aliphatic rings. The summed E-state index contributed by atoms with van der Waals surface area (Å²) in [6, 6.07) is 10.6. The van der Waals surface area contributed by atoms with E-state index in [1.54, 1.807) is 6.92 Å². The molecule has 2 N–H and O–H groups in total. The van der Waals surface area contributed by atoms with Gasteiger partial charge < -0.3 is 10.6 Å². The third-order valence-electron chi connectivity index (χ3n) is 5.48. The molecule has 0 bridgehead atoms. The predicted octanol–water partition coefficient (Wildman–Crippen LogP) is 2.47. The van der Waals surface area contributed by atoms with E-state index < -0.39 is 0 Å². The molecule has 4 nitrogen and oxygen atoms in total. The van der Waals surface area contributed by atoms with Crippen molar-refractivity contribution in [3.8, 4) is 0 Å². The first-order valence-electron chi connectivity index (χ1n) is 9.00. The molecule has 1 saturated carbocycles. The molecule has 4 heteroatoms. The maximum absolute atomic E-state index is 12.0. The number of benzene rings is 1. The van der Waals surface area contributed by atoms with Gasteiger partial charge in [-0.2, -0.15) is 0 Å². The number of rotatable bonds is 4. The Labute approximate surface area is 139 Å². The van der Waals surface area contributed by atoms with Crippen LogP contribution in [0.3, 0.4) is 0 Å². The van der Waals surface area contributed by atoms with Crippen molar-refractivity contribution in [1.29, 1.82) is 0 Å². The van der Waals surface area contributed by atoms with Gasteiger partial charge in [0.05, 0.1) is 6.04 Å². The van der Waals surface area contributed by atoms with E-state index in [1.165, 1.54) is 37.7 Å². The van der Waals surface area contributed by atoms with Gasteiger partial charge >= 0.3 is 0 Å². The molecule has 1 unspecified atom stereocenters. The molecule has 1 aromatic rings. The number of carbonyl (C=O) groups is 1. The van der Waals surface area contributed by atoms with Crippen molar-refractivity contribution >= 4 is 5.91 Å². The SMILES string of the molecule is CC(=O)NC(c1ccccc1)C1(N2CCNCC2)CCCCC1. The second-order valence-corrected chi connectivity index (χ2v) is 6.95.